The Labute approximate surface area is 227 Å². The lowest BCUT2D eigenvalue weighted by molar-refractivity contribution is -0.384. The van der Waals surface area contributed by atoms with Crippen molar-refractivity contribution in [3.05, 3.63) is 88.6 Å². The monoisotopic (exact) mass is 552 g/mol. The molecule has 11 nitrogen and oxygen atoms in total. The van der Waals surface area contributed by atoms with E-state index in [0.717, 1.165) is 11.3 Å². The first-order valence-electron chi connectivity index (χ1n) is 12.2. The van der Waals surface area contributed by atoms with Gasteiger partial charge >= 0.3 is 0 Å². The summed E-state index contributed by atoms with van der Waals surface area (Å²) in [5, 5.41) is 21.6. The summed E-state index contributed by atoms with van der Waals surface area (Å²) in [4.78, 5) is 45.0. The lowest BCUT2D eigenvalue weighted by Crippen LogP contribution is -2.43. The number of likely N-dealkylation sites (N-methyl/N-ethyl adjacent to an activating group) is 1. The van der Waals surface area contributed by atoms with Crippen LogP contribution in [-0.2, 0) is 4.79 Å². The number of benzene rings is 2. The van der Waals surface area contributed by atoms with Gasteiger partial charge in [-0.15, -0.1) is 0 Å². The number of nitro benzene ring substituents is 1. The maximum atomic E-state index is 13.9. The molecule has 1 N–H and O–H groups in total. The van der Waals surface area contributed by atoms with Crippen molar-refractivity contribution in [2.24, 2.45) is 4.99 Å². The number of aromatic nitrogens is 1. The summed E-state index contributed by atoms with van der Waals surface area (Å²) in [6.45, 7) is 6.40. The second kappa shape index (κ2) is 11.1. The number of nitro groups is 1. The van der Waals surface area contributed by atoms with Gasteiger partial charge in [-0.25, -0.2) is 4.99 Å². The van der Waals surface area contributed by atoms with Crippen LogP contribution in [0.5, 0.6) is 17.2 Å². The number of aromatic hydroxyl groups is 1. The first kappa shape index (κ1) is 27.6. The number of phenolic OH excluding ortho intramolecular Hbond substituents is 1. The van der Waals surface area contributed by atoms with Crippen LogP contribution in [0.2, 0.25) is 0 Å². The van der Waals surface area contributed by atoms with Crippen LogP contribution in [-0.4, -0.2) is 52.7 Å². The second-order valence-corrected chi connectivity index (χ2v) is 9.68. The molecule has 0 radical (unpaired) electrons. The van der Waals surface area contributed by atoms with Crippen molar-refractivity contribution in [1.29, 1.82) is 0 Å². The Hall–Kier alpha value is -4.45. The number of carbonyl (C=O) groups is 1. The molecule has 1 aromatic heterocycles. The van der Waals surface area contributed by atoms with E-state index in [2.05, 4.69) is 4.99 Å². The van der Waals surface area contributed by atoms with Crippen LogP contribution in [0.4, 0.5) is 5.69 Å². The predicted molar refractivity (Wildman–Crippen MR) is 146 cm³/mol. The van der Waals surface area contributed by atoms with Crippen molar-refractivity contribution >= 4 is 29.0 Å². The van der Waals surface area contributed by atoms with Crippen molar-refractivity contribution < 1.29 is 24.3 Å². The van der Waals surface area contributed by atoms with E-state index in [9.17, 15) is 24.8 Å². The minimum atomic E-state index is -0.889. The van der Waals surface area contributed by atoms with Gasteiger partial charge in [0.2, 0.25) is 0 Å². The Balaban J connectivity index is 2.04. The van der Waals surface area contributed by atoms with Crippen molar-refractivity contribution in [3.8, 4) is 17.2 Å². The maximum Gasteiger partial charge on any atom is 0.271 e. The summed E-state index contributed by atoms with van der Waals surface area (Å²) in [6, 6.07) is 7.84. The number of thiazole rings is 1. The number of ether oxygens (including phenoxy) is 2. The third-order valence-corrected chi connectivity index (χ3v) is 7.53. The average molecular weight is 553 g/mol. The molecule has 1 atom stereocenters. The zero-order chi connectivity index (χ0) is 28.4. The Morgan fingerprint density at radius 2 is 1.92 bits per heavy atom. The molecule has 2 heterocycles. The average Bonchev–Trinajstić information content (AvgIpc) is 3.23. The third-order valence-electron chi connectivity index (χ3n) is 6.54. The van der Waals surface area contributed by atoms with Gasteiger partial charge in [-0.1, -0.05) is 11.3 Å². The van der Waals surface area contributed by atoms with Gasteiger partial charge in [0.25, 0.3) is 17.2 Å². The molecule has 0 fully saturated rings. The maximum absolute atomic E-state index is 13.9. The van der Waals surface area contributed by atoms with E-state index < -0.39 is 16.5 Å². The van der Waals surface area contributed by atoms with Gasteiger partial charge in [0.1, 0.15) is 23.3 Å². The first-order valence-corrected chi connectivity index (χ1v) is 13.0. The van der Waals surface area contributed by atoms with Gasteiger partial charge in [0, 0.05) is 36.3 Å². The number of carbonyl (C=O) groups excluding carboxylic acids is 1. The summed E-state index contributed by atoms with van der Waals surface area (Å²) in [5.74, 6) is 0.484. The summed E-state index contributed by atoms with van der Waals surface area (Å²) < 4.78 is 12.7. The zero-order valence-electron chi connectivity index (χ0n) is 22.1. The highest BCUT2D eigenvalue weighted by Crippen LogP contribution is 2.38. The SMILES string of the molecule is CCN(CC)C(=O)C1=C(C)N=c2s/c(=C/c3cc([N+](=O)[O-])ccc3O)c(=O)n2[C@@H]1c1cc(OC)ccc1OC. The molecular weight excluding hydrogens is 524 g/mol. The van der Waals surface area contributed by atoms with Crippen molar-refractivity contribution in [2.45, 2.75) is 26.8 Å². The molecule has 0 saturated carbocycles. The summed E-state index contributed by atoms with van der Waals surface area (Å²) in [6.07, 6.45) is 1.39. The van der Waals surface area contributed by atoms with E-state index in [1.165, 1.54) is 43.1 Å². The molecule has 12 heteroatoms. The molecule has 0 spiro atoms. The number of rotatable bonds is 8. The highest BCUT2D eigenvalue weighted by atomic mass is 32.1. The highest BCUT2D eigenvalue weighted by Gasteiger charge is 2.36. The van der Waals surface area contributed by atoms with E-state index in [1.54, 1.807) is 30.0 Å². The molecule has 1 aliphatic rings. The quantitative estimate of drug-likeness (QED) is 0.335. The van der Waals surface area contributed by atoms with Gasteiger partial charge in [0.05, 0.1) is 34.9 Å². The number of hydrogen-bond acceptors (Lipinski definition) is 9. The predicted octanol–water partition coefficient (Wildman–Crippen LogP) is 2.73. The van der Waals surface area contributed by atoms with Gasteiger partial charge in [-0.05, 0) is 51.1 Å². The molecule has 0 saturated heterocycles. The molecule has 1 aliphatic heterocycles. The summed E-state index contributed by atoms with van der Waals surface area (Å²) in [7, 11) is 3.02. The van der Waals surface area contributed by atoms with Crippen molar-refractivity contribution in [3.63, 3.8) is 0 Å². The molecule has 1 amide bonds. The summed E-state index contributed by atoms with van der Waals surface area (Å²) in [5.41, 5.74) is 0.716. The van der Waals surface area contributed by atoms with Gasteiger partial charge in [-0.2, -0.15) is 0 Å². The Kier molecular flexibility index (Phi) is 7.86. The minimum absolute atomic E-state index is 0.111. The summed E-state index contributed by atoms with van der Waals surface area (Å²) >= 11 is 1.06. The lowest BCUT2D eigenvalue weighted by atomic mass is 9.93. The number of amides is 1. The number of fused-ring (bicyclic) bond motifs is 1. The fraction of sp³-hybridized carbons (Fsp3) is 0.296. The number of nitrogens with zero attached hydrogens (tertiary/aromatic N) is 4. The molecule has 39 heavy (non-hydrogen) atoms. The molecule has 2 aromatic carbocycles. The zero-order valence-corrected chi connectivity index (χ0v) is 22.9. The minimum Gasteiger partial charge on any atom is -0.507 e. The van der Waals surface area contributed by atoms with E-state index >= 15 is 0 Å². The molecule has 204 valence electrons. The topological polar surface area (TPSA) is 137 Å². The van der Waals surface area contributed by atoms with Crippen molar-refractivity contribution in [1.82, 2.24) is 9.47 Å². The van der Waals surface area contributed by atoms with Crippen LogP contribution in [0.1, 0.15) is 37.9 Å². The lowest BCUT2D eigenvalue weighted by Gasteiger charge is -2.30. The number of methoxy groups -OCH3 is 2. The molecule has 0 aliphatic carbocycles. The molecular formula is C27H28N4O7S. The Morgan fingerprint density at radius 1 is 1.21 bits per heavy atom. The standard InChI is InChI=1S/C27H28N4O7S/c1-6-29(7-2)26(34)23-15(3)28-27-30(24(23)19-14-18(37-4)9-11-21(19)38-5)25(33)22(39-27)13-16-12-17(31(35)36)8-10-20(16)32/h8-14,24,32H,6-7H2,1-5H3/b22-13+/t24-/m1/s1. The van der Waals surface area contributed by atoms with Crippen molar-refractivity contribution in [2.75, 3.05) is 27.3 Å². The molecule has 3 aromatic rings. The normalized spacial score (nSPS) is 15.0. The molecule has 0 bridgehead atoms. The van der Waals surface area contributed by atoms with Gasteiger partial charge in [-0.3, -0.25) is 24.3 Å². The molecule has 0 unspecified atom stereocenters. The van der Waals surface area contributed by atoms with E-state index in [0.29, 0.717) is 46.2 Å². The third kappa shape index (κ3) is 5.02. The number of allylic oxidation sites excluding steroid dienone is 1. The van der Waals surface area contributed by atoms with Crippen LogP contribution < -0.4 is 24.4 Å². The Bertz CT molecular complexity index is 1670. The van der Waals surface area contributed by atoms with Crippen LogP contribution >= 0.6 is 11.3 Å². The number of non-ortho nitro benzene ring substituents is 1. The van der Waals surface area contributed by atoms with Crippen LogP contribution in [0.3, 0.4) is 0 Å². The van der Waals surface area contributed by atoms with Crippen LogP contribution in [0.15, 0.2) is 57.5 Å². The van der Waals surface area contributed by atoms with Gasteiger partial charge in [0.15, 0.2) is 4.80 Å². The van der Waals surface area contributed by atoms with E-state index in [-0.39, 0.29) is 27.4 Å². The largest absolute Gasteiger partial charge is 0.507 e. The van der Waals surface area contributed by atoms with E-state index in [4.69, 9.17) is 9.47 Å². The Morgan fingerprint density at radius 3 is 2.54 bits per heavy atom. The van der Waals surface area contributed by atoms with E-state index in [1.807, 2.05) is 13.8 Å². The number of hydrogen-bond donors (Lipinski definition) is 1. The smallest absolute Gasteiger partial charge is 0.271 e. The first-order chi connectivity index (χ1) is 18.6. The van der Waals surface area contributed by atoms with Crippen LogP contribution in [0, 0.1) is 10.1 Å². The van der Waals surface area contributed by atoms with Gasteiger partial charge < -0.3 is 19.5 Å². The highest BCUT2D eigenvalue weighted by molar-refractivity contribution is 7.07. The second-order valence-electron chi connectivity index (χ2n) is 8.67. The van der Waals surface area contributed by atoms with Crippen LogP contribution in [0.25, 0.3) is 6.08 Å². The fourth-order valence-corrected chi connectivity index (χ4v) is 5.57. The molecule has 4 rings (SSSR count). The fourth-order valence-electron chi connectivity index (χ4n) is 4.54. The number of phenols is 1.